The molecule has 1 aromatic heterocycles. The van der Waals surface area contributed by atoms with E-state index in [4.69, 9.17) is 9.47 Å². The minimum absolute atomic E-state index is 0.00416. The van der Waals surface area contributed by atoms with Crippen LogP contribution in [-0.2, 0) is 4.74 Å². The van der Waals surface area contributed by atoms with Crippen LogP contribution in [0, 0.1) is 10.1 Å². The van der Waals surface area contributed by atoms with Crippen LogP contribution >= 0.6 is 0 Å². The summed E-state index contributed by atoms with van der Waals surface area (Å²) in [7, 11) is 1.26. The van der Waals surface area contributed by atoms with Gasteiger partial charge in [-0.05, 0) is 12.1 Å². The summed E-state index contributed by atoms with van der Waals surface area (Å²) in [6.07, 6.45) is 1.38. The van der Waals surface area contributed by atoms with Gasteiger partial charge >= 0.3 is 11.7 Å². The Hall–Kier alpha value is -3.68. The number of hydrogen-bond acceptors (Lipinski definition) is 6. The smallest absolute Gasteiger partial charge is 0.340 e. The van der Waals surface area contributed by atoms with Crippen molar-refractivity contribution in [2.75, 3.05) is 13.7 Å². The zero-order valence-electron chi connectivity index (χ0n) is 13.7. The second-order valence-corrected chi connectivity index (χ2v) is 5.33. The van der Waals surface area contributed by atoms with Crippen LogP contribution < -0.4 is 4.74 Å². The predicted octanol–water partition coefficient (Wildman–Crippen LogP) is 3.06. The van der Waals surface area contributed by atoms with E-state index in [9.17, 15) is 19.7 Å². The van der Waals surface area contributed by atoms with Crippen LogP contribution in [0.4, 0.5) is 5.69 Å². The number of esters is 1. The number of fused-ring (bicyclic) bond motifs is 1. The molecule has 3 aromatic rings. The lowest BCUT2D eigenvalue weighted by Gasteiger charge is -2.07. The highest BCUT2D eigenvalue weighted by Crippen LogP contribution is 2.26. The molecule has 0 N–H and O–H groups in total. The lowest BCUT2D eigenvalue weighted by atomic mass is 10.2. The molecule has 26 heavy (non-hydrogen) atoms. The standard InChI is InChI=1S/C18H14N2O6/c1-25-18(22)13-10-19(14-7-3-2-6-12(13)14)17(21)11-26-16-9-5-4-8-15(16)20(23)24/h2-10H,11H2,1H3. The van der Waals surface area contributed by atoms with E-state index in [2.05, 4.69) is 0 Å². The lowest BCUT2D eigenvalue weighted by Crippen LogP contribution is -2.19. The minimum atomic E-state index is -0.583. The van der Waals surface area contributed by atoms with Crippen LogP contribution in [0.1, 0.15) is 15.2 Å². The molecule has 0 saturated heterocycles. The molecule has 0 bridgehead atoms. The summed E-state index contributed by atoms with van der Waals surface area (Å²) in [5.74, 6) is -1.04. The molecule has 0 amide bonds. The Morgan fingerprint density at radius 1 is 1.12 bits per heavy atom. The van der Waals surface area contributed by atoms with Gasteiger partial charge in [0.25, 0.3) is 5.91 Å². The molecule has 0 aliphatic rings. The molecule has 0 aliphatic heterocycles. The molecule has 0 aliphatic carbocycles. The van der Waals surface area contributed by atoms with Crippen LogP contribution in [0.15, 0.2) is 54.7 Å². The van der Waals surface area contributed by atoms with Gasteiger partial charge in [0.1, 0.15) is 0 Å². The molecule has 0 saturated carbocycles. The molecule has 0 atom stereocenters. The number of ether oxygens (including phenoxy) is 2. The van der Waals surface area contributed by atoms with Crippen LogP contribution in [0.25, 0.3) is 10.9 Å². The molecule has 8 nitrogen and oxygen atoms in total. The van der Waals surface area contributed by atoms with Crippen molar-refractivity contribution >= 4 is 28.5 Å². The van der Waals surface area contributed by atoms with Gasteiger partial charge in [0.15, 0.2) is 12.4 Å². The number of nitro benzene ring substituents is 1. The maximum Gasteiger partial charge on any atom is 0.340 e. The summed E-state index contributed by atoms with van der Waals surface area (Å²) >= 11 is 0. The van der Waals surface area contributed by atoms with E-state index in [1.54, 1.807) is 30.3 Å². The monoisotopic (exact) mass is 354 g/mol. The van der Waals surface area contributed by atoms with Crippen molar-refractivity contribution in [2.45, 2.75) is 0 Å². The topological polar surface area (TPSA) is 101 Å². The van der Waals surface area contributed by atoms with Gasteiger partial charge in [-0.15, -0.1) is 0 Å². The fourth-order valence-electron chi connectivity index (χ4n) is 2.60. The highest BCUT2D eigenvalue weighted by atomic mass is 16.6. The molecular weight excluding hydrogens is 340 g/mol. The highest BCUT2D eigenvalue weighted by molar-refractivity contribution is 6.07. The van der Waals surface area contributed by atoms with Gasteiger partial charge in [-0.2, -0.15) is 0 Å². The molecule has 0 unspecified atom stereocenters. The van der Waals surface area contributed by atoms with Crippen molar-refractivity contribution < 1.29 is 24.0 Å². The number of nitrogens with zero attached hydrogens (tertiary/aromatic N) is 2. The Bertz CT molecular complexity index is 1010. The summed E-state index contributed by atoms with van der Waals surface area (Å²) in [4.78, 5) is 34.9. The lowest BCUT2D eigenvalue weighted by molar-refractivity contribution is -0.385. The molecule has 132 valence electrons. The van der Waals surface area contributed by atoms with E-state index in [1.165, 1.54) is 36.1 Å². The molecule has 0 radical (unpaired) electrons. The zero-order valence-corrected chi connectivity index (χ0v) is 13.7. The molecule has 2 aromatic carbocycles. The van der Waals surface area contributed by atoms with Crippen LogP contribution in [0.2, 0.25) is 0 Å². The van der Waals surface area contributed by atoms with Gasteiger partial charge in [0, 0.05) is 17.6 Å². The fourth-order valence-corrected chi connectivity index (χ4v) is 2.60. The quantitative estimate of drug-likeness (QED) is 0.396. The van der Waals surface area contributed by atoms with Crippen molar-refractivity contribution in [2.24, 2.45) is 0 Å². The van der Waals surface area contributed by atoms with Crippen LogP contribution in [0.3, 0.4) is 0 Å². The second kappa shape index (κ2) is 7.06. The number of aromatic nitrogens is 1. The third-order valence-electron chi connectivity index (χ3n) is 3.80. The van der Waals surface area contributed by atoms with Crippen molar-refractivity contribution in [3.63, 3.8) is 0 Å². The van der Waals surface area contributed by atoms with E-state index < -0.39 is 23.4 Å². The first-order valence-corrected chi connectivity index (χ1v) is 7.60. The molecule has 8 heteroatoms. The van der Waals surface area contributed by atoms with E-state index in [0.717, 1.165) is 0 Å². The van der Waals surface area contributed by atoms with Crippen molar-refractivity contribution in [1.82, 2.24) is 4.57 Å². The van der Waals surface area contributed by atoms with Crippen molar-refractivity contribution in [1.29, 1.82) is 0 Å². The normalized spacial score (nSPS) is 10.5. The van der Waals surface area contributed by atoms with E-state index >= 15 is 0 Å². The number of benzene rings is 2. The first kappa shape index (κ1) is 17.2. The fraction of sp³-hybridized carbons (Fsp3) is 0.111. The molecule has 0 fully saturated rings. The predicted molar refractivity (Wildman–Crippen MR) is 92.5 cm³/mol. The summed E-state index contributed by atoms with van der Waals surface area (Å²) in [6, 6.07) is 12.7. The minimum Gasteiger partial charge on any atom is -0.477 e. The largest absolute Gasteiger partial charge is 0.477 e. The third-order valence-corrected chi connectivity index (χ3v) is 3.80. The first-order valence-electron chi connectivity index (χ1n) is 7.60. The van der Waals surface area contributed by atoms with Crippen molar-refractivity contribution in [3.05, 3.63) is 70.4 Å². The number of rotatable bonds is 5. The average molecular weight is 354 g/mol. The highest BCUT2D eigenvalue weighted by Gasteiger charge is 2.20. The average Bonchev–Trinajstić information content (AvgIpc) is 3.05. The molecular formula is C18H14N2O6. The Morgan fingerprint density at radius 2 is 1.81 bits per heavy atom. The molecule has 0 spiro atoms. The number of hydrogen-bond donors (Lipinski definition) is 0. The van der Waals surface area contributed by atoms with E-state index in [-0.39, 0.29) is 17.0 Å². The number of carbonyl (C=O) groups is 2. The number of methoxy groups -OCH3 is 1. The Kier molecular flexibility index (Phi) is 4.66. The van der Waals surface area contributed by atoms with Gasteiger partial charge in [-0.25, -0.2) is 4.79 Å². The summed E-state index contributed by atoms with van der Waals surface area (Å²) in [5.41, 5.74) is 0.541. The zero-order chi connectivity index (χ0) is 18.7. The molecule has 1 heterocycles. The Labute approximate surface area is 147 Å². The SMILES string of the molecule is COC(=O)c1cn(C(=O)COc2ccccc2[N+](=O)[O-])c2ccccc12. The van der Waals surface area contributed by atoms with Crippen molar-refractivity contribution in [3.8, 4) is 5.75 Å². The summed E-state index contributed by atoms with van der Waals surface area (Å²) < 4.78 is 11.3. The number of nitro groups is 1. The maximum absolute atomic E-state index is 12.6. The molecule has 3 rings (SSSR count). The van der Waals surface area contributed by atoms with E-state index in [0.29, 0.717) is 10.9 Å². The van der Waals surface area contributed by atoms with Gasteiger partial charge in [0.05, 0.1) is 23.1 Å². The van der Waals surface area contributed by atoms with E-state index in [1.807, 2.05) is 0 Å². The number of para-hydroxylation sites is 3. The van der Waals surface area contributed by atoms with Gasteiger partial charge < -0.3 is 9.47 Å². The second-order valence-electron chi connectivity index (χ2n) is 5.33. The van der Waals surface area contributed by atoms with Gasteiger partial charge in [-0.1, -0.05) is 30.3 Å². The Morgan fingerprint density at radius 3 is 2.54 bits per heavy atom. The Balaban J connectivity index is 1.90. The third kappa shape index (κ3) is 3.12. The summed E-state index contributed by atoms with van der Waals surface area (Å²) in [6.45, 7) is -0.426. The van der Waals surface area contributed by atoms with Gasteiger partial charge in [0.2, 0.25) is 0 Å². The first-order chi connectivity index (χ1) is 12.5. The summed E-state index contributed by atoms with van der Waals surface area (Å²) in [5, 5.41) is 11.6. The number of carbonyl (C=O) groups excluding carboxylic acids is 2. The van der Waals surface area contributed by atoms with Gasteiger partial charge in [-0.3, -0.25) is 19.5 Å². The van der Waals surface area contributed by atoms with Crippen LogP contribution in [-0.4, -0.2) is 35.1 Å². The maximum atomic E-state index is 12.6. The van der Waals surface area contributed by atoms with Crippen LogP contribution in [0.5, 0.6) is 5.75 Å².